The van der Waals surface area contributed by atoms with Gasteiger partial charge in [0.25, 0.3) is 5.91 Å². The van der Waals surface area contributed by atoms with Crippen LogP contribution in [-0.2, 0) is 0 Å². The molecule has 2 aromatic carbocycles. The molecular formula is C23H22N4O2S. The molecule has 0 saturated heterocycles. The topological polar surface area (TPSA) is 70.4 Å². The van der Waals surface area contributed by atoms with Gasteiger partial charge < -0.3 is 14.6 Å². The fourth-order valence-electron chi connectivity index (χ4n) is 3.00. The predicted molar refractivity (Wildman–Crippen MR) is 123 cm³/mol. The summed E-state index contributed by atoms with van der Waals surface area (Å²) in [6, 6.07) is 17.6. The first-order valence-corrected chi connectivity index (χ1v) is 10.3. The third-order valence-electron chi connectivity index (χ3n) is 4.58. The molecule has 7 heteroatoms. The maximum absolute atomic E-state index is 12.6. The summed E-state index contributed by atoms with van der Waals surface area (Å²) >= 11 is 1.20. The highest BCUT2D eigenvalue weighted by atomic mass is 32.2. The highest BCUT2D eigenvalue weighted by molar-refractivity contribution is 7.98. The largest absolute Gasteiger partial charge is 0.451 e. The van der Waals surface area contributed by atoms with E-state index in [0.29, 0.717) is 5.58 Å². The number of rotatable bonds is 6. The second kappa shape index (κ2) is 8.51. The molecule has 4 rings (SSSR count). The summed E-state index contributed by atoms with van der Waals surface area (Å²) in [5.74, 6) is -0.0292. The average Bonchev–Trinajstić information content (AvgIpc) is 3.16. The molecule has 0 radical (unpaired) electrons. The molecule has 2 heterocycles. The molecule has 30 heavy (non-hydrogen) atoms. The molecule has 6 nitrogen and oxygen atoms in total. The van der Waals surface area contributed by atoms with Gasteiger partial charge in [-0.15, -0.1) is 0 Å². The third kappa shape index (κ3) is 4.41. The fourth-order valence-corrected chi connectivity index (χ4v) is 3.65. The van der Waals surface area contributed by atoms with Gasteiger partial charge in [-0.2, -0.15) is 0 Å². The standard InChI is InChI=1S/C23H22N4O2S/c1-15-5-4-6-17(11-15)25-19-9-10-24-14-22(19)30-26-23(28)21-12-16-7-8-18(27(2)3)13-20(16)29-21/h4-14H,1-3H3,(H,24,25)(H,26,28). The molecule has 2 aromatic heterocycles. The minimum absolute atomic E-state index is 0.269. The molecule has 0 atom stereocenters. The number of hydrogen-bond acceptors (Lipinski definition) is 6. The van der Waals surface area contributed by atoms with Crippen LogP contribution in [0.2, 0.25) is 0 Å². The SMILES string of the molecule is Cc1cccc(Nc2ccncc2SNC(=O)c2cc3ccc(N(C)C)cc3o2)c1. The van der Waals surface area contributed by atoms with Crippen molar-refractivity contribution in [3.63, 3.8) is 0 Å². The van der Waals surface area contributed by atoms with E-state index in [2.05, 4.69) is 21.1 Å². The van der Waals surface area contributed by atoms with Crippen molar-refractivity contribution in [1.29, 1.82) is 0 Å². The molecule has 0 bridgehead atoms. The lowest BCUT2D eigenvalue weighted by molar-refractivity contribution is 0.0959. The van der Waals surface area contributed by atoms with E-state index in [4.69, 9.17) is 4.42 Å². The first-order valence-electron chi connectivity index (χ1n) is 9.45. The quantitative estimate of drug-likeness (QED) is 0.410. The average molecular weight is 419 g/mol. The van der Waals surface area contributed by atoms with Crippen molar-refractivity contribution < 1.29 is 9.21 Å². The van der Waals surface area contributed by atoms with Crippen molar-refractivity contribution in [2.45, 2.75) is 11.8 Å². The van der Waals surface area contributed by atoms with Gasteiger partial charge in [-0.1, -0.05) is 12.1 Å². The van der Waals surface area contributed by atoms with Gasteiger partial charge in [-0.05, 0) is 60.8 Å². The molecule has 1 amide bonds. The number of aromatic nitrogens is 1. The van der Waals surface area contributed by atoms with E-state index in [1.807, 2.05) is 68.4 Å². The van der Waals surface area contributed by atoms with Crippen LogP contribution in [0, 0.1) is 6.92 Å². The Morgan fingerprint density at radius 1 is 1.10 bits per heavy atom. The number of nitrogens with one attached hydrogen (secondary N) is 2. The van der Waals surface area contributed by atoms with Crippen molar-refractivity contribution in [2.75, 3.05) is 24.3 Å². The van der Waals surface area contributed by atoms with Crippen molar-refractivity contribution in [1.82, 2.24) is 9.71 Å². The van der Waals surface area contributed by atoms with E-state index in [-0.39, 0.29) is 11.7 Å². The van der Waals surface area contributed by atoms with Crippen LogP contribution in [0.1, 0.15) is 16.1 Å². The van der Waals surface area contributed by atoms with Crippen molar-refractivity contribution >= 4 is 45.9 Å². The van der Waals surface area contributed by atoms with Gasteiger partial charge in [0, 0.05) is 49.3 Å². The Kier molecular flexibility index (Phi) is 5.63. The number of benzene rings is 2. The lowest BCUT2D eigenvalue weighted by Crippen LogP contribution is -2.15. The van der Waals surface area contributed by atoms with E-state index >= 15 is 0 Å². The number of hydrogen-bond donors (Lipinski definition) is 2. The van der Waals surface area contributed by atoms with E-state index in [1.54, 1.807) is 18.5 Å². The summed E-state index contributed by atoms with van der Waals surface area (Å²) in [6.07, 6.45) is 3.43. The Morgan fingerprint density at radius 2 is 1.97 bits per heavy atom. The second-order valence-electron chi connectivity index (χ2n) is 7.13. The number of anilines is 3. The van der Waals surface area contributed by atoms with E-state index in [1.165, 1.54) is 17.5 Å². The van der Waals surface area contributed by atoms with Gasteiger partial charge >= 0.3 is 0 Å². The summed E-state index contributed by atoms with van der Waals surface area (Å²) in [4.78, 5) is 19.6. The number of aryl methyl sites for hydroxylation is 1. The van der Waals surface area contributed by atoms with Crippen LogP contribution >= 0.6 is 11.9 Å². The third-order valence-corrected chi connectivity index (χ3v) is 5.41. The number of furan rings is 1. The van der Waals surface area contributed by atoms with Gasteiger partial charge in [0.05, 0.1) is 10.6 Å². The highest BCUT2D eigenvalue weighted by Gasteiger charge is 2.14. The fraction of sp³-hybridized carbons (Fsp3) is 0.130. The lowest BCUT2D eigenvalue weighted by atomic mass is 10.2. The number of pyridine rings is 1. The molecule has 4 aromatic rings. The van der Waals surface area contributed by atoms with Crippen molar-refractivity contribution in [3.05, 3.63) is 78.3 Å². The molecule has 0 aliphatic heterocycles. The van der Waals surface area contributed by atoms with Crippen molar-refractivity contribution in [2.24, 2.45) is 0 Å². The molecule has 152 valence electrons. The first kappa shape index (κ1) is 19.8. The number of carbonyl (C=O) groups excluding carboxylic acids is 1. The van der Waals surface area contributed by atoms with E-state index in [9.17, 15) is 4.79 Å². The second-order valence-corrected chi connectivity index (χ2v) is 7.97. The van der Waals surface area contributed by atoms with Gasteiger partial charge in [0.15, 0.2) is 5.76 Å². The molecule has 0 saturated carbocycles. The zero-order valence-corrected chi connectivity index (χ0v) is 17.8. The normalized spacial score (nSPS) is 10.8. The van der Waals surface area contributed by atoms with Crippen LogP contribution in [0.5, 0.6) is 0 Å². The summed E-state index contributed by atoms with van der Waals surface area (Å²) in [5.41, 5.74) is 4.70. The molecule has 0 aliphatic carbocycles. The van der Waals surface area contributed by atoms with Crippen LogP contribution < -0.4 is 14.9 Å². The minimum Gasteiger partial charge on any atom is -0.451 e. The Hall–Kier alpha value is -3.45. The molecule has 2 N–H and O–H groups in total. The molecule has 0 unspecified atom stereocenters. The van der Waals surface area contributed by atoms with Crippen LogP contribution in [-0.4, -0.2) is 25.0 Å². The van der Waals surface area contributed by atoms with E-state index < -0.39 is 0 Å². The van der Waals surface area contributed by atoms with Crippen LogP contribution in [0.4, 0.5) is 17.1 Å². The molecule has 0 fully saturated rings. The number of carbonyl (C=O) groups is 1. The Balaban J connectivity index is 1.48. The Bertz CT molecular complexity index is 1200. The summed E-state index contributed by atoms with van der Waals surface area (Å²) in [6.45, 7) is 2.04. The maximum atomic E-state index is 12.6. The Labute approximate surface area is 179 Å². The smallest absolute Gasteiger partial charge is 0.297 e. The highest BCUT2D eigenvalue weighted by Crippen LogP contribution is 2.29. The molecule has 0 aliphatic rings. The first-order chi connectivity index (χ1) is 14.5. The lowest BCUT2D eigenvalue weighted by Gasteiger charge is -2.11. The monoisotopic (exact) mass is 418 g/mol. The molecule has 0 spiro atoms. The van der Waals surface area contributed by atoms with Crippen LogP contribution in [0.3, 0.4) is 0 Å². The zero-order chi connectivity index (χ0) is 21.1. The minimum atomic E-state index is -0.298. The number of nitrogens with zero attached hydrogens (tertiary/aromatic N) is 2. The van der Waals surface area contributed by atoms with E-state index in [0.717, 1.165) is 27.3 Å². The van der Waals surface area contributed by atoms with Gasteiger partial charge in [-0.25, -0.2) is 0 Å². The van der Waals surface area contributed by atoms with Crippen molar-refractivity contribution in [3.8, 4) is 0 Å². The summed E-state index contributed by atoms with van der Waals surface area (Å²) in [5, 5.41) is 4.26. The van der Waals surface area contributed by atoms with Crippen LogP contribution in [0.25, 0.3) is 11.0 Å². The number of fused-ring (bicyclic) bond motifs is 1. The van der Waals surface area contributed by atoms with Gasteiger partial charge in [0.1, 0.15) is 5.58 Å². The van der Waals surface area contributed by atoms with Gasteiger partial charge in [-0.3, -0.25) is 14.5 Å². The summed E-state index contributed by atoms with van der Waals surface area (Å²) < 4.78 is 8.61. The predicted octanol–water partition coefficient (Wildman–Crippen LogP) is 5.38. The number of amides is 1. The van der Waals surface area contributed by atoms with Gasteiger partial charge in [0.2, 0.25) is 0 Å². The zero-order valence-electron chi connectivity index (χ0n) is 17.0. The van der Waals surface area contributed by atoms with Crippen LogP contribution in [0.15, 0.2) is 76.3 Å². The molecular weight excluding hydrogens is 396 g/mol. The summed E-state index contributed by atoms with van der Waals surface area (Å²) in [7, 11) is 3.93. The Morgan fingerprint density at radius 3 is 2.77 bits per heavy atom. The maximum Gasteiger partial charge on any atom is 0.297 e.